The Hall–Kier alpha value is -3.22. The summed E-state index contributed by atoms with van der Waals surface area (Å²) in [6.45, 7) is 1.54. The number of hydrogen-bond donors (Lipinski definition) is 0. The number of ether oxygens (including phenoxy) is 4. The lowest BCUT2D eigenvalue weighted by molar-refractivity contribution is -0.139. The summed E-state index contributed by atoms with van der Waals surface area (Å²) >= 11 is 0. The third-order valence-corrected chi connectivity index (χ3v) is 3.52. The topological polar surface area (TPSA) is 84.2 Å². The molecule has 2 rings (SSSR count). The Morgan fingerprint density at radius 2 is 1.69 bits per heavy atom. The second kappa shape index (κ2) is 8.75. The van der Waals surface area contributed by atoms with Gasteiger partial charge in [0, 0.05) is 12.1 Å². The SMILES string of the molecule is COC(=O)c1cc(COC(=O)/C=C/c2cc(OC)cc(OC)c2)oc1C. The molecule has 0 spiro atoms. The van der Waals surface area contributed by atoms with Crippen LogP contribution in [0.4, 0.5) is 0 Å². The molecule has 1 aromatic heterocycles. The molecule has 0 aliphatic heterocycles. The first kappa shape index (κ1) is 19.1. The second-order valence-corrected chi connectivity index (χ2v) is 5.26. The van der Waals surface area contributed by atoms with Crippen LogP contribution in [-0.4, -0.2) is 33.3 Å². The van der Waals surface area contributed by atoms with Crippen LogP contribution in [0.25, 0.3) is 6.08 Å². The summed E-state index contributed by atoms with van der Waals surface area (Å²) < 4.78 is 25.5. The quantitative estimate of drug-likeness (QED) is 0.554. The Kier molecular flexibility index (Phi) is 6.43. The first-order valence-electron chi connectivity index (χ1n) is 7.72. The van der Waals surface area contributed by atoms with Gasteiger partial charge in [-0.1, -0.05) is 0 Å². The number of methoxy groups -OCH3 is 3. The lowest BCUT2D eigenvalue weighted by Crippen LogP contribution is -2.01. The summed E-state index contributed by atoms with van der Waals surface area (Å²) in [5.41, 5.74) is 1.03. The van der Waals surface area contributed by atoms with E-state index in [0.29, 0.717) is 28.6 Å². The summed E-state index contributed by atoms with van der Waals surface area (Å²) in [5.74, 6) is 0.920. The maximum absolute atomic E-state index is 11.9. The molecule has 0 bridgehead atoms. The molecule has 0 fully saturated rings. The molecule has 0 amide bonds. The van der Waals surface area contributed by atoms with Crippen LogP contribution in [-0.2, 0) is 20.9 Å². The second-order valence-electron chi connectivity index (χ2n) is 5.26. The Morgan fingerprint density at radius 1 is 1.04 bits per heavy atom. The third kappa shape index (κ3) is 4.89. The standard InChI is InChI=1S/C19H20O7/c1-12-17(19(21)24-4)10-16(26-12)11-25-18(20)6-5-13-7-14(22-2)9-15(8-13)23-3/h5-10H,11H2,1-4H3/b6-5+. The van der Waals surface area contributed by atoms with Gasteiger partial charge in [-0.25, -0.2) is 9.59 Å². The van der Waals surface area contributed by atoms with Crippen molar-refractivity contribution >= 4 is 18.0 Å². The van der Waals surface area contributed by atoms with Gasteiger partial charge in [-0.3, -0.25) is 0 Å². The maximum atomic E-state index is 11.9. The molecule has 1 heterocycles. The van der Waals surface area contributed by atoms with E-state index in [2.05, 4.69) is 4.74 Å². The molecule has 138 valence electrons. The molecule has 0 unspecified atom stereocenters. The molecular weight excluding hydrogens is 340 g/mol. The van der Waals surface area contributed by atoms with E-state index in [9.17, 15) is 9.59 Å². The van der Waals surface area contributed by atoms with Crippen LogP contribution in [0.1, 0.15) is 27.4 Å². The molecule has 2 aromatic rings. The lowest BCUT2D eigenvalue weighted by atomic mass is 10.2. The van der Waals surface area contributed by atoms with Gasteiger partial charge in [-0.15, -0.1) is 0 Å². The number of hydrogen-bond acceptors (Lipinski definition) is 7. The zero-order valence-electron chi connectivity index (χ0n) is 15.0. The summed E-state index contributed by atoms with van der Waals surface area (Å²) in [5, 5.41) is 0. The smallest absolute Gasteiger partial charge is 0.341 e. The summed E-state index contributed by atoms with van der Waals surface area (Å²) in [4.78, 5) is 23.4. The van der Waals surface area contributed by atoms with Gasteiger partial charge in [0.1, 0.15) is 35.2 Å². The van der Waals surface area contributed by atoms with Crippen molar-refractivity contribution in [2.45, 2.75) is 13.5 Å². The van der Waals surface area contributed by atoms with E-state index in [1.807, 2.05) is 0 Å². The van der Waals surface area contributed by atoms with Crippen molar-refractivity contribution in [3.05, 3.63) is 53.0 Å². The van der Waals surface area contributed by atoms with Crippen molar-refractivity contribution in [1.82, 2.24) is 0 Å². The molecule has 0 saturated carbocycles. The largest absolute Gasteiger partial charge is 0.497 e. The Morgan fingerprint density at radius 3 is 2.27 bits per heavy atom. The van der Waals surface area contributed by atoms with Gasteiger partial charge < -0.3 is 23.4 Å². The summed E-state index contributed by atoms with van der Waals surface area (Å²) in [7, 11) is 4.38. The Labute approximate surface area is 151 Å². The lowest BCUT2D eigenvalue weighted by Gasteiger charge is -2.05. The van der Waals surface area contributed by atoms with Crippen molar-refractivity contribution in [1.29, 1.82) is 0 Å². The van der Waals surface area contributed by atoms with E-state index in [0.717, 1.165) is 5.56 Å². The highest BCUT2D eigenvalue weighted by Crippen LogP contribution is 2.23. The van der Waals surface area contributed by atoms with Crippen LogP contribution < -0.4 is 9.47 Å². The number of rotatable bonds is 7. The normalized spacial score (nSPS) is 10.6. The Bertz CT molecular complexity index is 795. The van der Waals surface area contributed by atoms with Crippen molar-refractivity contribution in [2.24, 2.45) is 0 Å². The zero-order valence-corrected chi connectivity index (χ0v) is 15.0. The first-order chi connectivity index (χ1) is 12.5. The van der Waals surface area contributed by atoms with Crippen molar-refractivity contribution < 1.29 is 33.0 Å². The highest BCUT2D eigenvalue weighted by Gasteiger charge is 2.15. The van der Waals surface area contributed by atoms with E-state index < -0.39 is 11.9 Å². The van der Waals surface area contributed by atoms with Gasteiger partial charge in [0.2, 0.25) is 0 Å². The minimum Gasteiger partial charge on any atom is -0.497 e. The van der Waals surface area contributed by atoms with Crippen LogP contribution in [0.5, 0.6) is 11.5 Å². The fourth-order valence-corrected chi connectivity index (χ4v) is 2.21. The first-order valence-corrected chi connectivity index (χ1v) is 7.72. The van der Waals surface area contributed by atoms with Gasteiger partial charge in [-0.05, 0) is 36.8 Å². The van der Waals surface area contributed by atoms with E-state index in [1.54, 1.807) is 45.4 Å². The molecule has 0 saturated heterocycles. The van der Waals surface area contributed by atoms with Crippen LogP contribution in [0.15, 0.2) is 34.8 Å². The molecule has 0 aliphatic rings. The predicted octanol–water partition coefficient (Wildman–Crippen LogP) is 3.15. The molecule has 7 nitrogen and oxygen atoms in total. The van der Waals surface area contributed by atoms with Crippen LogP contribution in [0, 0.1) is 6.92 Å². The predicted molar refractivity (Wildman–Crippen MR) is 93.2 cm³/mol. The molecule has 26 heavy (non-hydrogen) atoms. The van der Waals surface area contributed by atoms with Crippen LogP contribution in [0.2, 0.25) is 0 Å². The van der Waals surface area contributed by atoms with Crippen molar-refractivity contribution in [3.8, 4) is 11.5 Å². The van der Waals surface area contributed by atoms with Gasteiger partial charge >= 0.3 is 11.9 Å². The van der Waals surface area contributed by atoms with Crippen molar-refractivity contribution in [3.63, 3.8) is 0 Å². The number of benzene rings is 1. The molecule has 0 radical (unpaired) electrons. The molecule has 0 atom stereocenters. The molecular formula is C19H20O7. The average Bonchev–Trinajstić information content (AvgIpc) is 3.04. The molecule has 0 N–H and O–H groups in total. The fraction of sp³-hybridized carbons (Fsp3) is 0.263. The van der Waals surface area contributed by atoms with E-state index in [4.69, 9.17) is 18.6 Å². The number of aryl methyl sites for hydroxylation is 1. The third-order valence-electron chi connectivity index (χ3n) is 3.52. The molecule has 0 aliphatic carbocycles. The number of carbonyl (C=O) groups excluding carboxylic acids is 2. The van der Waals surface area contributed by atoms with Crippen LogP contribution >= 0.6 is 0 Å². The average molecular weight is 360 g/mol. The van der Waals surface area contributed by atoms with Gasteiger partial charge in [0.25, 0.3) is 0 Å². The number of furan rings is 1. The zero-order chi connectivity index (χ0) is 19.1. The summed E-state index contributed by atoms with van der Waals surface area (Å²) in [6, 6.07) is 6.73. The maximum Gasteiger partial charge on any atom is 0.341 e. The van der Waals surface area contributed by atoms with Crippen LogP contribution in [0.3, 0.4) is 0 Å². The highest BCUT2D eigenvalue weighted by atomic mass is 16.5. The number of carbonyl (C=O) groups is 2. The number of esters is 2. The Balaban J connectivity index is 1.99. The van der Waals surface area contributed by atoms with Gasteiger partial charge in [-0.2, -0.15) is 0 Å². The fourth-order valence-electron chi connectivity index (χ4n) is 2.21. The van der Waals surface area contributed by atoms with E-state index in [-0.39, 0.29) is 6.61 Å². The monoisotopic (exact) mass is 360 g/mol. The van der Waals surface area contributed by atoms with E-state index >= 15 is 0 Å². The summed E-state index contributed by atoms with van der Waals surface area (Å²) in [6.07, 6.45) is 2.87. The molecule has 1 aromatic carbocycles. The van der Waals surface area contributed by atoms with Crippen molar-refractivity contribution in [2.75, 3.05) is 21.3 Å². The van der Waals surface area contributed by atoms with Gasteiger partial charge in [0.15, 0.2) is 0 Å². The minimum atomic E-state index is -0.555. The van der Waals surface area contributed by atoms with E-state index in [1.165, 1.54) is 19.3 Å². The highest BCUT2D eigenvalue weighted by molar-refractivity contribution is 5.90. The molecule has 7 heteroatoms. The van der Waals surface area contributed by atoms with Gasteiger partial charge in [0.05, 0.1) is 21.3 Å². The minimum absolute atomic E-state index is 0.0948.